The average Bonchev–Trinajstić information content (AvgIpc) is 2.85. The van der Waals surface area contributed by atoms with Gasteiger partial charge in [0.25, 0.3) is 0 Å². The molecule has 1 rings (SSSR count). The van der Waals surface area contributed by atoms with Gasteiger partial charge >= 0.3 is 0 Å². The van der Waals surface area contributed by atoms with Gasteiger partial charge in [-0.3, -0.25) is 4.68 Å². The van der Waals surface area contributed by atoms with Crippen LogP contribution in [0.4, 0.5) is 0 Å². The molecule has 0 aromatic carbocycles. The summed E-state index contributed by atoms with van der Waals surface area (Å²) in [7, 11) is 1.72. The van der Waals surface area contributed by atoms with Crippen LogP contribution in [0.1, 0.15) is 64.6 Å². The van der Waals surface area contributed by atoms with Crippen molar-refractivity contribution in [3.8, 4) is 5.75 Å². The number of nitrogens with zero attached hydrogens (tertiary/aromatic N) is 2. The van der Waals surface area contributed by atoms with Gasteiger partial charge in [-0.15, -0.1) is 0 Å². The summed E-state index contributed by atoms with van der Waals surface area (Å²) in [5.41, 5.74) is 1.20. The van der Waals surface area contributed by atoms with Crippen LogP contribution in [0.25, 0.3) is 0 Å². The lowest BCUT2D eigenvalue weighted by atomic mass is 10.0. The van der Waals surface area contributed by atoms with Crippen LogP contribution in [-0.2, 0) is 6.54 Å². The Kier molecular flexibility index (Phi) is 7.56. The zero-order valence-corrected chi connectivity index (χ0v) is 12.9. The van der Waals surface area contributed by atoms with E-state index in [-0.39, 0.29) is 0 Å². The molecule has 0 aliphatic rings. The second-order valence-corrected chi connectivity index (χ2v) is 4.87. The molecule has 1 aromatic heterocycles. The first-order valence-corrected chi connectivity index (χ1v) is 7.61. The van der Waals surface area contributed by atoms with Gasteiger partial charge in [0.1, 0.15) is 0 Å². The SMILES string of the molecule is CCCCCCC(NCC)c1c(OC)cnn1CC. The molecule has 0 spiro atoms. The summed E-state index contributed by atoms with van der Waals surface area (Å²) in [6.45, 7) is 8.37. The maximum absolute atomic E-state index is 5.46. The molecule has 4 heteroatoms. The van der Waals surface area contributed by atoms with E-state index in [2.05, 4.69) is 31.2 Å². The monoisotopic (exact) mass is 267 g/mol. The van der Waals surface area contributed by atoms with Gasteiger partial charge in [0.2, 0.25) is 0 Å². The Hall–Kier alpha value is -1.03. The maximum Gasteiger partial charge on any atom is 0.161 e. The van der Waals surface area contributed by atoms with E-state index in [4.69, 9.17) is 4.74 Å². The number of aryl methyl sites for hydroxylation is 1. The van der Waals surface area contributed by atoms with Gasteiger partial charge in [-0.05, 0) is 19.9 Å². The first-order valence-electron chi connectivity index (χ1n) is 7.61. The lowest BCUT2D eigenvalue weighted by Gasteiger charge is -2.20. The zero-order chi connectivity index (χ0) is 14.1. The van der Waals surface area contributed by atoms with Crippen molar-refractivity contribution >= 4 is 0 Å². The summed E-state index contributed by atoms with van der Waals surface area (Å²) >= 11 is 0. The highest BCUT2D eigenvalue weighted by molar-refractivity contribution is 5.28. The lowest BCUT2D eigenvalue weighted by molar-refractivity contribution is 0.382. The summed E-state index contributed by atoms with van der Waals surface area (Å²) in [6, 6.07) is 0.347. The molecule has 1 unspecified atom stereocenters. The van der Waals surface area contributed by atoms with Crippen molar-refractivity contribution in [1.29, 1.82) is 0 Å². The number of unbranched alkanes of at least 4 members (excludes halogenated alkanes) is 3. The summed E-state index contributed by atoms with van der Waals surface area (Å²) in [6.07, 6.45) is 8.14. The highest BCUT2D eigenvalue weighted by Gasteiger charge is 2.20. The highest BCUT2D eigenvalue weighted by Crippen LogP contribution is 2.28. The molecule has 4 nitrogen and oxygen atoms in total. The van der Waals surface area contributed by atoms with Crippen LogP contribution in [-0.4, -0.2) is 23.4 Å². The number of hydrogen-bond acceptors (Lipinski definition) is 3. The van der Waals surface area contributed by atoms with Gasteiger partial charge in [-0.2, -0.15) is 5.10 Å². The quantitative estimate of drug-likeness (QED) is 0.659. The number of ether oxygens (including phenoxy) is 1. The van der Waals surface area contributed by atoms with Crippen molar-refractivity contribution in [2.75, 3.05) is 13.7 Å². The van der Waals surface area contributed by atoms with Crippen LogP contribution in [0.5, 0.6) is 5.75 Å². The largest absolute Gasteiger partial charge is 0.493 e. The molecular weight excluding hydrogens is 238 g/mol. The third-order valence-corrected chi connectivity index (χ3v) is 3.49. The van der Waals surface area contributed by atoms with Crippen LogP contribution < -0.4 is 10.1 Å². The van der Waals surface area contributed by atoms with Crippen molar-refractivity contribution in [2.45, 2.75) is 65.5 Å². The molecule has 0 amide bonds. The molecule has 110 valence electrons. The minimum Gasteiger partial charge on any atom is -0.493 e. The number of nitrogens with one attached hydrogen (secondary N) is 1. The molecule has 0 radical (unpaired) electrons. The second-order valence-electron chi connectivity index (χ2n) is 4.87. The molecule has 1 heterocycles. The first-order chi connectivity index (χ1) is 9.28. The maximum atomic E-state index is 5.46. The Labute approximate surface area is 117 Å². The molecule has 0 aliphatic carbocycles. The Morgan fingerprint density at radius 1 is 1.26 bits per heavy atom. The first kappa shape index (κ1) is 16.0. The van der Waals surface area contributed by atoms with Crippen LogP contribution in [0, 0.1) is 0 Å². The van der Waals surface area contributed by atoms with Crippen molar-refractivity contribution in [2.24, 2.45) is 0 Å². The molecule has 0 fully saturated rings. The van der Waals surface area contributed by atoms with Gasteiger partial charge in [-0.1, -0.05) is 39.5 Å². The molecule has 1 atom stereocenters. The van der Waals surface area contributed by atoms with E-state index in [9.17, 15) is 0 Å². The molecule has 1 aromatic rings. The second kappa shape index (κ2) is 8.97. The van der Waals surface area contributed by atoms with Gasteiger partial charge in [0, 0.05) is 6.54 Å². The van der Waals surface area contributed by atoms with Crippen LogP contribution in [0.2, 0.25) is 0 Å². The minimum absolute atomic E-state index is 0.347. The minimum atomic E-state index is 0.347. The number of rotatable bonds is 10. The molecule has 0 saturated carbocycles. The van der Waals surface area contributed by atoms with E-state index in [1.165, 1.54) is 31.4 Å². The van der Waals surface area contributed by atoms with Crippen LogP contribution >= 0.6 is 0 Å². The van der Waals surface area contributed by atoms with Crippen molar-refractivity contribution < 1.29 is 4.74 Å². The number of methoxy groups -OCH3 is 1. The average molecular weight is 267 g/mol. The van der Waals surface area contributed by atoms with E-state index >= 15 is 0 Å². The Balaban J connectivity index is 2.76. The summed E-state index contributed by atoms with van der Waals surface area (Å²) < 4.78 is 7.51. The van der Waals surface area contributed by atoms with E-state index < -0.39 is 0 Å². The molecule has 0 aliphatic heterocycles. The standard InChI is InChI=1S/C15H29N3O/c1-5-8-9-10-11-13(16-6-2)15-14(19-4)12-17-18(15)7-3/h12-13,16H,5-11H2,1-4H3. The van der Waals surface area contributed by atoms with Gasteiger partial charge < -0.3 is 10.1 Å². The smallest absolute Gasteiger partial charge is 0.161 e. The Morgan fingerprint density at radius 2 is 2.05 bits per heavy atom. The molecular formula is C15H29N3O. The summed E-state index contributed by atoms with van der Waals surface area (Å²) in [4.78, 5) is 0. The van der Waals surface area contributed by atoms with E-state index in [1.54, 1.807) is 7.11 Å². The van der Waals surface area contributed by atoms with Gasteiger partial charge in [0.15, 0.2) is 5.75 Å². The lowest BCUT2D eigenvalue weighted by Crippen LogP contribution is -2.24. The fraction of sp³-hybridized carbons (Fsp3) is 0.800. The normalized spacial score (nSPS) is 12.6. The predicted octanol–water partition coefficient (Wildman–Crippen LogP) is 3.53. The van der Waals surface area contributed by atoms with Crippen molar-refractivity contribution in [1.82, 2.24) is 15.1 Å². The predicted molar refractivity (Wildman–Crippen MR) is 79.6 cm³/mol. The topological polar surface area (TPSA) is 39.1 Å². The summed E-state index contributed by atoms with van der Waals surface area (Å²) in [5, 5.41) is 7.98. The van der Waals surface area contributed by atoms with Crippen molar-refractivity contribution in [3.05, 3.63) is 11.9 Å². The Bertz CT molecular complexity index is 328. The van der Waals surface area contributed by atoms with Crippen molar-refractivity contribution in [3.63, 3.8) is 0 Å². The highest BCUT2D eigenvalue weighted by atomic mass is 16.5. The Morgan fingerprint density at radius 3 is 2.63 bits per heavy atom. The number of aromatic nitrogens is 2. The zero-order valence-electron chi connectivity index (χ0n) is 12.9. The van der Waals surface area contributed by atoms with E-state index in [1.807, 2.05) is 10.9 Å². The third-order valence-electron chi connectivity index (χ3n) is 3.49. The molecule has 0 saturated heterocycles. The van der Waals surface area contributed by atoms with Crippen LogP contribution in [0.15, 0.2) is 6.20 Å². The fourth-order valence-corrected chi connectivity index (χ4v) is 2.50. The van der Waals surface area contributed by atoms with Gasteiger partial charge in [0.05, 0.1) is 25.0 Å². The number of hydrogen-bond donors (Lipinski definition) is 1. The molecule has 19 heavy (non-hydrogen) atoms. The van der Waals surface area contributed by atoms with Gasteiger partial charge in [-0.25, -0.2) is 0 Å². The third kappa shape index (κ3) is 4.53. The van der Waals surface area contributed by atoms with Crippen LogP contribution in [0.3, 0.4) is 0 Å². The fourth-order valence-electron chi connectivity index (χ4n) is 2.50. The summed E-state index contributed by atoms with van der Waals surface area (Å²) in [5.74, 6) is 0.906. The molecule has 0 bridgehead atoms. The van der Waals surface area contributed by atoms with E-state index in [0.29, 0.717) is 6.04 Å². The van der Waals surface area contributed by atoms with E-state index in [0.717, 1.165) is 25.3 Å². The molecule has 1 N–H and O–H groups in total.